The van der Waals surface area contributed by atoms with Crippen LogP contribution in [0.5, 0.6) is 0 Å². The highest BCUT2D eigenvalue weighted by atomic mass is 35.5. The number of halogens is 1. The van der Waals surface area contributed by atoms with Gasteiger partial charge in [-0.25, -0.2) is 13.1 Å². The third-order valence-electron chi connectivity index (χ3n) is 4.11. The largest absolute Gasteiger partial charge is 0.466 e. The van der Waals surface area contributed by atoms with Gasteiger partial charge < -0.3 is 9.64 Å². The maximum atomic E-state index is 12.4. The van der Waals surface area contributed by atoms with Gasteiger partial charge in [-0.1, -0.05) is 17.7 Å². The molecule has 140 valence electrons. The molecule has 1 aliphatic heterocycles. The molecule has 1 heterocycles. The van der Waals surface area contributed by atoms with Crippen LogP contribution in [0.1, 0.15) is 32.6 Å². The molecule has 2 rings (SSSR count). The number of ether oxygens (including phenoxy) is 1. The summed E-state index contributed by atoms with van der Waals surface area (Å²) in [7, 11) is -3.55. The van der Waals surface area contributed by atoms with E-state index in [1.807, 2.05) is 0 Å². The lowest BCUT2D eigenvalue weighted by molar-refractivity contribution is -0.143. The summed E-state index contributed by atoms with van der Waals surface area (Å²) in [4.78, 5) is 13.7. The lowest BCUT2D eigenvalue weighted by Gasteiger charge is -2.16. The van der Waals surface area contributed by atoms with Crippen molar-refractivity contribution in [2.75, 3.05) is 26.2 Å². The van der Waals surface area contributed by atoms with Crippen LogP contribution in [0.15, 0.2) is 29.2 Å². The predicted octanol–water partition coefficient (Wildman–Crippen LogP) is 2.43. The van der Waals surface area contributed by atoms with Gasteiger partial charge in [0.15, 0.2) is 0 Å². The molecule has 1 saturated heterocycles. The van der Waals surface area contributed by atoms with Crippen LogP contribution in [0.3, 0.4) is 0 Å². The zero-order valence-electron chi connectivity index (χ0n) is 14.4. The zero-order valence-corrected chi connectivity index (χ0v) is 16.0. The Labute approximate surface area is 154 Å². The van der Waals surface area contributed by atoms with Crippen LogP contribution in [0.4, 0.5) is 0 Å². The Balaban J connectivity index is 1.74. The van der Waals surface area contributed by atoms with Gasteiger partial charge in [0.2, 0.25) is 10.0 Å². The number of esters is 1. The van der Waals surface area contributed by atoms with Crippen molar-refractivity contribution in [2.45, 2.75) is 43.5 Å². The maximum absolute atomic E-state index is 12.4. The average Bonchev–Trinajstić information content (AvgIpc) is 2.98. The van der Waals surface area contributed by atoms with Gasteiger partial charge in [0.05, 0.1) is 11.5 Å². The van der Waals surface area contributed by atoms with Crippen molar-refractivity contribution < 1.29 is 17.9 Å². The standard InChI is InChI=1S/C17H25ClN2O4S/c1-2-24-17(21)8-3-4-10-20-11-9-15(13-20)19-25(22,23)16-7-5-6-14(18)12-16/h5-7,12,15,19H,2-4,8-11,13H2,1H3. The van der Waals surface area contributed by atoms with Gasteiger partial charge in [0, 0.05) is 24.0 Å². The quantitative estimate of drug-likeness (QED) is 0.519. The van der Waals surface area contributed by atoms with Crippen molar-refractivity contribution in [3.05, 3.63) is 29.3 Å². The highest BCUT2D eigenvalue weighted by Crippen LogP contribution is 2.18. The van der Waals surface area contributed by atoms with Crippen LogP contribution in [-0.2, 0) is 19.6 Å². The number of carbonyl (C=O) groups is 1. The van der Waals surface area contributed by atoms with Crippen LogP contribution in [0, 0.1) is 0 Å². The second-order valence-electron chi connectivity index (χ2n) is 6.13. The molecule has 0 radical (unpaired) electrons. The molecule has 0 saturated carbocycles. The van der Waals surface area contributed by atoms with E-state index >= 15 is 0 Å². The van der Waals surface area contributed by atoms with Crippen LogP contribution in [0.25, 0.3) is 0 Å². The summed E-state index contributed by atoms with van der Waals surface area (Å²) in [5.74, 6) is -0.156. The van der Waals surface area contributed by atoms with E-state index in [-0.39, 0.29) is 16.9 Å². The first-order valence-electron chi connectivity index (χ1n) is 8.56. The van der Waals surface area contributed by atoms with Crippen LogP contribution in [0.2, 0.25) is 5.02 Å². The molecule has 1 unspecified atom stereocenters. The second kappa shape index (κ2) is 9.52. The Morgan fingerprint density at radius 3 is 2.92 bits per heavy atom. The number of hydrogen-bond donors (Lipinski definition) is 1. The van der Waals surface area contributed by atoms with E-state index in [9.17, 15) is 13.2 Å². The summed E-state index contributed by atoms with van der Waals surface area (Å²) < 4.78 is 32.5. The molecule has 0 amide bonds. The number of rotatable bonds is 9. The highest BCUT2D eigenvalue weighted by molar-refractivity contribution is 7.89. The number of nitrogens with one attached hydrogen (secondary N) is 1. The van der Waals surface area contributed by atoms with E-state index < -0.39 is 10.0 Å². The topological polar surface area (TPSA) is 75.7 Å². The predicted molar refractivity (Wildman–Crippen MR) is 97.1 cm³/mol. The first kappa shape index (κ1) is 20.2. The normalized spacial score (nSPS) is 18.4. The number of sulfonamides is 1. The Bertz CT molecular complexity index is 681. The van der Waals surface area contributed by atoms with E-state index in [4.69, 9.17) is 16.3 Å². The minimum absolute atomic E-state index is 0.103. The molecule has 1 aromatic rings. The Morgan fingerprint density at radius 1 is 1.40 bits per heavy atom. The lowest BCUT2D eigenvalue weighted by Crippen LogP contribution is -2.37. The molecule has 0 spiro atoms. The molecule has 1 aromatic carbocycles. The molecule has 1 aliphatic rings. The summed E-state index contributed by atoms with van der Waals surface area (Å²) in [6, 6.07) is 6.16. The van der Waals surface area contributed by atoms with Crippen LogP contribution < -0.4 is 4.72 Å². The fraction of sp³-hybridized carbons (Fsp3) is 0.588. The van der Waals surface area contributed by atoms with Crippen molar-refractivity contribution in [1.82, 2.24) is 9.62 Å². The average molecular weight is 389 g/mol. The smallest absolute Gasteiger partial charge is 0.305 e. The molecular formula is C17H25ClN2O4S. The van der Waals surface area contributed by atoms with Crippen molar-refractivity contribution in [1.29, 1.82) is 0 Å². The van der Waals surface area contributed by atoms with Gasteiger partial charge in [-0.05, 0) is 57.5 Å². The number of nitrogens with zero attached hydrogens (tertiary/aromatic N) is 1. The van der Waals surface area contributed by atoms with E-state index in [1.54, 1.807) is 19.1 Å². The number of likely N-dealkylation sites (tertiary alicyclic amines) is 1. The van der Waals surface area contributed by atoms with Crippen LogP contribution in [-0.4, -0.2) is 51.6 Å². The third-order valence-corrected chi connectivity index (χ3v) is 5.86. The molecule has 0 bridgehead atoms. The zero-order chi connectivity index (χ0) is 18.3. The summed E-state index contributed by atoms with van der Waals surface area (Å²) >= 11 is 5.87. The molecule has 0 aliphatic carbocycles. The Hall–Kier alpha value is -1.15. The minimum atomic E-state index is -3.55. The van der Waals surface area contributed by atoms with Crippen molar-refractivity contribution in [3.8, 4) is 0 Å². The molecule has 6 nitrogen and oxygen atoms in total. The van der Waals surface area contributed by atoms with Crippen molar-refractivity contribution >= 4 is 27.6 Å². The summed E-state index contributed by atoms with van der Waals surface area (Å²) in [5, 5.41) is 0.400. The first-order chi connectivity index (χ1) is 11.9. The fourth-order valence-corrected chi connectivity index (χ4v) is 4.45. The first-order valence-corrected chi connectivity index (χ1v) is 10.4. The molecule has 8 heteroatoms. The lowest BCUT2D eigenvalue weighted by atomic mass is 10.2. The number of unbranched alkanes of at least 4 members (excludes halogenated alkanes) is 1. The summed E-state index contributed by atoms with van der Waals surface area (Å²) in [6.07, 6.45) is 2.89. The molecule has 25 heavy (non-hydrogen) atoms. The van der Waals surface area contributed by atoms with Gasteiger partial charge in [-0.3, -0.25) is 4.79 Å². The SMILES string of the molecule is CCOC(=O)CCCCN1CCC(NS(=O)(=O)c2cccc(Cl)c2)C1. The maximum Gasteiger partial charge on any atom is 0.305 e. The second-order valence-corrected chi connectivity index (χ2v) is 8.28. The summed E-state index contributed by atoms with van der Waals surface area (Å²) in [6.45, 7) is 4.60. The Morgan fingerprint density at radius 2 is 2.20 bits per heavy atom. The monoisotopic (exact) mass is 388 g/mol. The molecule has 1 N–H and O–H groups in total. The fourth-order valence-electron chi connectivity index (χ4n) is 2.89. The Kier molecular flexibility index (Phi) is 7.68. The van der Waals surface area contributed by atoms with E-state index in [2.05, 4.69) is 9.62 Å². The van der Waals surface area contributed by atoms with Gasteiger partial charge in [-0.15, -0.1) is 0 Å². The van der Waals surface area contributed by atoms with Gasteiger partial charge in [0.25, 0.3) is 0 Å². The van der Waals surface area contributed by atoms with Crippen molar-refractivity contribution in [2.24, 2.45) is 0 Å². The highest BCUT2D eigenvalue weighted by Gasteiger charge is 2.27. The van der Waals surface area contributed by atoms with Gasteiger partial charge in [-0.2, -0.15) is 0 Å². The summed E-state index contributed by atoms with van der Waals surface area (Å²) in [5.41, 5.74) is 0. The molecule has 0 aromatic heterocycles. The molecular weight excluding hydrogens is 364 g/mol. The molecule has 1 atom stereocenters. The number of carbonyl (C=O) groups excluding carboxylic acids is 1. The minimum Gasteiger partial charge on any atom is -0.466 e. The van der Waals surface area contributed by atoms with E-state index in [0.29, 0.717) is 24.6 Å². The third kappa shape index (κ3) is 6.58. The van der Waals surface area contributed by atoms with E-state index in [0.717, 1.165) is 32.4 Å². The van der Waals surface area contributed by atoms with Gasteiger partial charge >= 0.3 is 5.97 Å². The van der Waals surface area contributed by atoms with Gasteiger partial charge in [0.1, 0.15) is 0 Å². The van der Waals surface area contributed by atoms with E-state index in [1.165, 1.54) is 12.1 Å². The van der Waals surface area contributed by atoms with Crippen LogP contribution >= 0.6 is 11.6 Å². The molecule has 1 fully saturated rings. The number of hydrogen-bond acceptors (Lipinski definition) is 5. The van der Waals surface area contributed by atoms with Crippen molar-refractivity contribution in [3.63, 3.8) is 0 Å². The number of benzene rings is 1.